The molecule has 1 aliphatic rings. The lowest BCUT2D eigenvalue weighted by molar-refractivity contribution is -0.126. The Morgan fingerprint density at radius 1 is 1.16 bits per heavy atom. The lowest BCUT2D eigenvalue weighted by Crippen LogP contribution is -2.43. The maximum atomic E-state index is 12.6. The van der Waals surface area contributed by atoms with Gasteiger partial charge in [0.05, 0.1) is 12.5 Å². The van der Waals surface area contributed by atoms with Crippen LogP contribution in [-0.4, -0.2) is 40.6 Å². The third-order valence-electron chi connectivity index (χ3n) is 5.59. The van der Waals surface area contributed by atoms with Gasteiger partial charge in [-0.25, -0.2) is 0 Å². The van der Waals surface area contributed by atoms with Crippen molar-refractivity contribution in [2.75, 3.05) is 19.6 Å². The predicted octanol–water partition coefficient (Wildman–Crippen LogP) is 4.35. The van der Waals surface area contributed by atoms with Gasteiger partial charge in [-0.3, -0.25) is 9.69 Å². The average Bonchev–Trinajstić information content (AvgIpc) is 3.26. The SMILES string of the molecule is O=C(NCCCc1ccccc1)C1CCCN(Cc2nc(-c3ccc(Cl)cc3)no2)C1. The first kappa shape index (κ1) is 21.5. The van der Waals surface area contributed by atoms with E-state index in [1.54, 1.807) is 12.1 Å². The molecule has 1 unspecified atom stereocenters. The summed E-state index contributed by atoms with van der Waals surface area (Å²) in [6.45, 7) is 2.90. The monoisotopic (exact) mass is 438 g/mol. The van der Waals surface area contributed by atoms with Crippen LogP contribution in [0.15, 0.2) is 59.1 Å². The Kier molecular flexibility index (Phi) is 7.33. The topological polar surface area (TPSA) is 71.3 Å². The van der Waals surface area contributed by atoms with Gasteiger partial charge in [0.25, 0.3) is 0 Å². The van der Waals surface area contributed by atoms with Crippen LogP contribution in [0.4, 0.5) is 0 Å². The van der Waals surface area contributed by atoms with Gasteiger partial charge in [-0.05, 0) is 62.1 Å². The third kappa shape index (κ3) is 6.15. The molecule has 1 aromatic heterocycles. The van der Waals surface area contributed by atoms with Crippen molar-refractivity contribution in [3.63, 3.8) is 0 Å². The van der Waals surface area contributed by atoms with Crippen molar-refractivity contribution >= 4 is 17.5 Å². The minimum absolute atomic E-state index is 0.00383. The molecule has 1 aliphatic heterocycles. The van der Waals surface area contributed by atoms with E-state index in [1.165, 1.54) is 5.56 Å². The number of aromatic nitrogens is 2. The first-order valence-corrected chi connectivity index (χ1v) is 11.2. The highest BCUT2D eigenvalue weighted by atomic mass is 35.5. The number of piperidine rings is 1. The molecule has 3 aromatic rings. The van der Waals surface area contributed by atoms with Gasteiger partial charge in [0.2, 0.25) is 17.6 Å². The molecule has 1 fully saturated rings. The van der Waals surface area contributed by atoms with E-state index in [-0.39, 0.29) is 11.8 Å². The normalized spacial score (nSPS) is 16.9. The first-order valence-electron chi connectivity index (χ1n) is 10.8. The van der Waals surface area contributed by atoms with Gasteiger partial charge >= 0.3 is 0 Å². The molecular formula is C24H27ClN4O2. The van der Waals surface area contributed by atoms with E-state index in [0.717, 1.165) is 37.8 Å². The van der Waals surface area contributed by atoms with Crippen molar-refractivity contribution in [1.29, 1.82) is 0 Å². The van der Waals surface area contributed by atoms with Crippen LogP contribution in [0.2, 0.25) is 5.02 Å². The van der Waals surface area contributed by atoms with Crippen LogP contribution in [0.25, 0.3) is 11.4 Å². The second-order valence-electron chi connectivity index (χ2n) is 7.97. The number of aryl methyl sites for hydroxylation is 1. The summed E-state index contributed by atoms with van der Waals surface area (Å²) in [6.07, 6.45) is 3.83. The van der Waals surface area contributed by atoms with Crippen LogP contribution in [-0.2, 0) is 17.8 Å². The van der Waals surface area contributed by atoms with Crippen molar-refractivity contribution in [1.82, 2.24) is 20.4 Å². The fraction of sp³-hybridized carbons (Fsp3) is 0.375. The molecule has 2 heterocycles. The lowest BCUT2D eigenvalue weighted by atomic mass is 9.97. The fourth-order valence-electron chi connectivity index (χ4n) is 3.93. The Morgan fingerprint density at radius 2 is 1.97 bits per heavy atom. The molecule has 0 aliphatic carbocycles. The van der Waals surface area contributed by atoms with Crippen LogP contribution in [0.1, 0.15) is 30.7 Å². The number of likely N-dealkylation sites (tertiary alicyclic amines) is 1. The fourth-order valence-corrected chi connectivity index (χ4v) is 4.06. The van der Waals surface area contributed by atoms with Crippen LogP contribution in [0.3, 0.4) is 0 Å². The van der Waals surface area contributed by atoms with Gasteiger partial charge in [0, 0.05) is 23.7 Å². The number of halogens is 1. The van der Waals surface area contributed by atoms with Crippen molar-refractivity contribution in [3.8, 4) is 11.4 Å². The number of hydrogen-bond donors (Lipinski definition) is 1. The first-order chi connectivity index (χ1) is 15.2. The van der Waals surface area contributed by atoms with Gasteiger partial charge in [0.15, 0.2) is 0 Å². The van der Waals surface area contributed by atoms with Crippen LogP contribution >= 0.6 is 11.6 Å². The second-order valence-corrected chi connectivity index (χ2v) is 8.41. The highest BCUT2D eigenvalue weighted by Crippen LogP contribution is 2.21. The number of hydrogen-bond acceptors (Lipinski definition) is 5. The Labute approximate surface area is 187 Å². The van der Waals surface area contributed by atoms with E-state index >= 15 is 0 Å². The second kappa shape index (κ2) is 10.6. The summed E-state index contributed by atoms with van der Waals surface area (Å²) in [5.74, 6) is 1.26. The highest BCUT2D eigenvalue weighted by molar-refractivity contribution is 6.30. The summed E-state index contributed by atoms with van der Waals surface area (Å²) >= 11 is 5.94. The van der Waals surface area contributed by atoms with E-state index in [1.807, 2.05) is 30.3 Å². The molecule has 1 saturated heterocycles. The highest BCUT2D eigenvalue weighted by Gasteiger charge is 2.26. The third-order valence-corrected chi connectivity index (χ3v) is 5.84. The summed E-state index contributed by atoms with van der Waals surface area (Å²) in [7, 11) is 0. The smallest absolute Gasteiger partial charge is 0.241 e. The standard InChI is InChI=1S/C24H27ClN4O2/c25-21-12-10-19(11-13-21)23-27-22(31-28-23)17-29-15-5-9-20(16-29)24(30)26-14-4-8-18-6-2-1-3-7-18/h1-3,6-7,10-13,20H,4-5,8-9,14-17H2,(H,26,30). The molecule has 162 valence electrons. The summed E-state index contributed by atoms with van der Waals surface area (Å²) in [4.78, 5) is 19.3. The molecule has 4 rings (SSSR count). The molecular weight excluding hydrogens is 412 g/mol. The molecule has 7 heteroatoms. The molecule has 2 aromatic carbocycles. The minimum atomic E-state index is 0.00383. The summed E-state index contributed by atoms with van der Waals surface area (Å²) in [5.41, 5.74) is 2.17. The molecule has 1 atom stereocenters. The Hall–Kier alpha value is -2.70. The van der Waals surface area contributed by atoms with Gasteiger partial charge in [-0.1, -0.05) is 47.1 Å². The molecule has 1 amide bonds. The van der Waals surface area contributed by atoms with E-state index in [0.29, 0.717) is 36.4 Å². The van der Waals surface area contributed by atoms with Crippen LogP contribution in [0.5, 0.6) is 0 Å². The lowest BCUT2D eigenvalue weighted by Gasteiger charge is -2.30. The zero-order valence-corrected chi connectivity index (χ0v) is 18.2. The number of carbonyl (C=O) groups excluding carboxylic acids is 1. The molecule has 0 bridgehead atoms. The van der Waals surface area contributed by atoms with Gasteiger partial charge in [-0.2, -0.15) is 4.98 Å². The number of benzene rings is 2. The van der Waals surface area contributed by atoms with Gasteiger partial charge < -0.3 is 9.84 Å². The van der Waals surface area contributed by atoms with E-state index in [4.69, 9.17) is 16.1 Å². The maximum absolute atomic E-state index is 12.6. The largest absolute Gasteiger partial charge is 0.356 e. The molecule has 0 spiro atoms. The van der Waals surface area contributed by atoms with Gasteiger partial charge in [0.1, 0.15) is 0 Å². The summed E-state index contributed by atoms with van der Waals surface area (Å²) < 4.78 is 5.43. The number of nitrogens with zero attached hydrogens (tertiary/aromatic N) is 3. The van der Waals surface area contributed by atoms with Crippen LogP contribution in [0, 0.1) is 5.92 Å². The predicted molar refractivity (Wildman–Crippen MR) is 121 cm³/mol. The Morgan fingerprint density at radius 3 is 2.77 bits per heavy atom. The molecule has 0 radical (unpaired) electrons. The number of carbonyl (C=O) groups is 1. The number of rotatable bonds is 8. The van der Waals surface area contributed by atoms with Crippen molar-refractivity contribution in [2.24, 2.45) is 5.92 Å². The number of nitrogens with one attached hydrogen (secondary N) is 1. The number of amides is 1. The summed E-state index contributed by atoms with van der Waals surface area (Å²) in [5, 5.41) is 7.86. The summed E-state index contributed by atoms with van der Waals surface area (Å²) in [6, 6.07) is 17.7. The zero-order chi connectivity index (χ0) is 21.5. The van der Waals surface area contributed by atoms with Crippen molar-refractivity contribution in [2.45, 2.75) is 32.2 Å². The molecule has 1 N–H and O–H groups in total. The Balaban J connectivity index is 1.24. The van der Waals surface area contributed by atoms with E-state index in [2.05, 4.69) is 32.5 Å². The quantitative estimate of drug-likeness (QED) is 0.529. The van der Waals surface area contributed by atoms with E-state index in [9.17, 15) is 4.79 Å². The van der Waals surface area contributed by atoms with E-state index < -0.39 is 0 Å². The van der Waals surface area contributed by atoms with Gasteiger partial charge in [-0.15, -0.1) is 0 Å². The average molecular weight is 439 g/mol. The van der Waals surface area contributed by atoms with Crippen molar-refractivity contribution in [3.05, 3.63) is 71.1 Å². The Bertz CT molecular complexity index is 975. The zero-order valence-electron chi connectivity index (χ0n) is 17.5. The molecule has 6 nitrogen and oxygen atoms in total. The van der Waals surface area contributed by atoms with Crippen LogP contribution < -0.4 is 5.32 Å². The maximum Gasteiger partial charge on any atom is 0.241 e. The molecule has 0 saturated carbocycles. The van der Waals surface area contributed by atoms with Crippen molar-refractivity contribution < 1.29 is 9.32 Å². The molecule has 31 heavy (non-hydrogen) atoms. The minimum Gasteiger partial charge on any atom is -0.356 e.